The molecule has 0 bridgehead atoms. The summed E-state index contributed by atoms with van der Waals surface area (Å²) in [7, 11) is 2.03. The smallest absolute Gasteiger partial charge is 0.246 e. The highest BCUT2D eigenvalue weighted by molar-refractivity contribution is 5.99. The van der Waals surface area contributed by atoms with E-state index in [1.807, 2.05) is 31.3 Å². The Labute approximate surface area is 137 Å². The Balaban J connectivity index is 0.00000242. The number of halogens is 1. The number of nitrogens with zero attached hydrogens (tertiary/aromatic N) is 2. The quantitative estimate of drug-likeness (QED) is 0.852. The molecule has 3 N–H and O–H groups in total. The molecule has 1 aliphatic heterocycles. The van der Waals surface area contributed by atoms with Crippen LogP contribution in [0.3, 0.4) is 0 Å². The van der Waals surface area contributed by atoms with E-state index in [0.717, 1.165) is 17.9 Å². The number of carbonyl (C=O) groups excluding carboxylic acids is 2. The molecule has 1 atom stereocenters. The zero-order chi connectivity index (χ0) is 15.4. The fourth-order valence-electron chi connectivity index (χ4n) is 2.63. The van der Waals surface area contributed by atoms with Crippen molar-refractivity contribution in [1.82, 2.24) is 5.32 Å². The summed E-state index contributed by atoms with van der Waals surface area (Å²) < 4.78 is 0. The number of para-hydroxylation sites is 2. The third-order valence-electron chi connectivity index (χ3n) is 3.59. The van der Waals surface area contributed by atoms with Crippen LogP contribution in [0.5, 0.6) is 0 Å². The van der Waals surface area contributed by atoms with Crippen molar-refractivity contribution >= 4 is 35.6 Å². The van der Waals surface area contributed by atoms with E-state index in [4.69, 9.17) is 5.73 Å². The lowest BCUT2D eigenvalue weighted by Gasteiger charge is -2.24. The molecule has 1 heterocycles. The van der Waals surface area contributed by atoms with Gasteiger partial charge in [-0.25, -0.2) is 0 Å². The summed E-state index contributed by atoms with van der Waals surface area (Å²) >= 11 is 0. The molecule has 22 heavy (non-hydrogen) atoms. The molecule has 0 saturated heterocycles. The van der Waals surface area contributed by atoms with Gasteiger partial charge in [-0.3, -0.25) is 9.59 Å². The highest BCUT2D eigenvalue weighted by atomic mass is 35.5. The third-order valence-corrected chi connectivity index (χ3v) is 3.59. The van der Waals surface area contributed by atoms with Gasteiger partial charge in [-0.05, 0) is 18.1 Å². The van der Waals surface area contributed by atoms with Crippen molar-refractivity contribution in [2.24, 2.45) is 11.7 Å². The molecule has 0 spiro atoms. The Hall–Kier alpha value is -1.79. The van der Waals surface area contributed by atoms with Gasteiger partial charge in [0.05, 0.1) is 24.5 Å². The first kappa shape index (κ1) is 18.3. The molecule has 1 aromatic carbocycles. The average molecular weight is 327 g/mol. The molecule has 0 radical (unpaired) electrons. The van der Waals surface area contributed by atoms with Crippen molar-refractivity contribution in [3.63, 3.8) is 0 Å². The van der Waals surface area contributed by atoms with Gasteiger partial charge in [0.2, 0.25) is 11.8 Å². The molecule has 7 heteroatoms. The van der Waals surface area contributed by atoms with E-state index in [2.05, 4.69) is 17.1 Å². The summed E-state index contributed by atoms with van der Waals surface area (Å²) in [6.45, 7) is 3.50. The SMILES string of the molecule is CC1CN(C)c2ccccc2N(C(=O)CNC(=O)CN)C1.Cl. The lowest BCUT2D eigenvalue weighted by Crippen LogP contribution is -2.43. The van der Waals surface area contributed by atoms with E-state index in [0.29, 0.717) is 12.5 Å². The second-order valence-corrected chi connectivity index (χ2v) is 5.46. The summed E-state index contributed by atoms with van der Waals surface area (Å²) in [6.07, 6.45) is 0. The minimum atomic E-state index is -0.323. The van der Waals surface area contributed by atoms with Crippen LogP contribution in [0.2, 0.25) is 0 Å². The predicted octanol–water partition coefficient (Wildman–Crippen LogP) is 0.602. The molecule has 0 fully saturated rings. The van der Waals surface area contributed by atoms with Crippen molar-refractivity contribution in [1.29, 1.82) is 0 Å². The summed E-state index contributed by atoms with van der Waals surface area (Å²) in [5, 5.41) is 2.54. The number of anilines is 2. The van der Waals surface area contributed by atoms with Crippen molar-refractivity contribution in [3.05, 3.63) is 24.3 Å². The molecule has 1 aromatic rings. The van der Waals surface area contributed by atoms with Crippen LogP contribution in [0.25, 0.3) is 0 Å². The second-order valence-electron chi connectivity index (χ2n) is 5.46. The van der Waals surface area contributed by atoms with E-state index in [1.54, 1.807) is 4.90 Å². The topological polar surface area (TPSA) is 78.7 Å². The van der Waals surface area contributed by atoms with Gasteiger partial charge in [0, 0.05) is 20.1 Å². The number of nitrogens with one attached hydrogen (secondary N) is 1. The number of carbonyl (C=O) groups is 2. The summed E-state index contributed by atoms with van der Waals surface area (Å²) in [4.78, 5) is 27.6. The zero-order valence-electron chi connectivity index (χ0n) is 12.9. The number of nitrogens with two attached hydrogens (primary N) is 1. The van der Waals surface area contributed by atoms with Crippen molar-refractivity contribution in [2.75, 3.05) is 43.0 Å². The standard InChI is InChI=1S/C15H22N4O2.ClH/c1-11-9-18(2)12-5-3-4-6-13(12)19(10-11)15(21)8-17-14(20)7-16;/h3-6,11H,7-10,16H2,1-2H3,(H,17,20);1H. The summed E-state index contributed by atoms with van der Waals surface area (Å²) in [5.74, 6) is -0.0976. The van der Waals surface area contributed by atoms with Crippen molar-refractivity contribution in [3.8, 4) is 0 Å². The molecule has 1 unspecified atom stereocenters. The highest BCUT2D eigenvalue weighted by Gasteiger charge is 2.26. The maximum atomic E-state index is 12.4. The molecule has 0 saturated carbocycles. The second kappa shape index (κ2) is 8.00. The molecule has 2 rings (SSSR count). The van der Waals surface area contributed by atoms with Crippen molar-refractivity contribution < 1.29 is 9.59 Å². The fourth-order valence-corrected chi connectivity index (χ4v) is 2.63. The van der Waals surface area contributed by atoms with E-state index in [9.17, 15) is 9.59 Å². The largest absolute Gasteiger partial charge is 0.373 e. The average Bonchev–Trinajstić information content (AvgIpc) is 2.61. The zero-order valence-corrected chi connectivity index (χ0v) is 13.7. The Bertz CT molecular complexity index is 538. The fraction of sp³-hybridized carbons (Fsp3) is 0.467. The van der Waals surface area contributed by atoms with Crippen LogP contribution in [0.15, 0.2) is 24.3 Å². The molecular formula is C15H23ClN4O2. The molecule has 0 aromatic heterocycles. The number of hydrogen-bond acceptors (Lipinski definition) is 4. The van der Waals surface area contributed by atoms with Crippen LogP contribution < -0.4 is 20.9 Å². The van der Waals surface area contributed by atoms with Crippen LogP contribution in [-0.2, 0) is 9.59 Å². The van der Waals surface area contributed by atoms with Crippen LogP contribution >= 0.6 is 12.4 Å². The first-order valence-corrected chi connectivity index (χ1v) is 7.10. The van der Waals surface area contributed by atoms with E-state index in [1.165, 1.54) is 0 Å². The van der Waals surface area contributed by atoms with Gasteiger partial charge in [0.25, 0.3) is 0 Å². The molecule has 122 valence electrons. The van der Waals surface area contributed by atoms with Gasteiger partial charge in [-0.15, -0.1) is 12.4 Å². The van der Waals surface area contributed by atoms with Gasteiger partial charge in [0.1, 0.15) is 0 Å². The molecular weight excluding hydrogens is 304 g/mol. The minimum Gasteiger partial charge on any atom is -0.373 e. The Morgan fingerprint density at radius 1 is 1.27 bits per heavy atom. The van der Waals surface area contributed by atoms with Gasteiger partial charge in [0.15, 0.2) is 0 Å². The molecule has 2 amide bonds. The van der Waals surface area contributed by atoms with E-state index < -0.39 is 0 Å². The van der Waals surface area contributed by atoms with Crippen LogP contribution in [0.4, 0.5) is 11.4 Å². The van der Waals surface area contributed by atoms with Crippen LogP contribution in [0.1, 0.15) is 6.92 Å². The van der Waals surface area contributed by atoms with Gasteiger partial charge in [-0.2, -0.15) is 0 Å². The third kappa shape index (κ3) is 4.11. The highest BCUT2D eigenvalue weighted by Crippen LogP contribution is 2.32. The van der Waals surface area contributed by atoms with E-state index in [-0.39, 0.29) is 37.3 Å². The summed E-state index contributed by atoms with van der Waals surface area (Å²) in [6, 6.07) is 7.82. The number of hydrogen-bond donors (Lipinski definition) is 2. The number of amides is 2. The van der Waals surface area contributed by atoms with Crippen LogP contribution in [0, 0.1) is 5.92 Å². The number of fused-ring (bicyclic) bond motifs is 1. The molecule has 0 aliphatic carbocycles. The predicted molar refractivity (Wildman–Crippen MR) is 90.5 cm³/mol. The maximum absolute atomic E-state index is 12.4. The Morgan fingerprint density at radius 3 is 2.55 bits per heavy atom. The maximum Gasteiger partial charge on any atom is 0.246 e. The number of benzene rings is 1. The van der Waals surface area contributed by atoms with Crippen LogP contribution in [-0.4, -0.2) is 45.0 Å². The van der Waals surface area contributed by atoms with E-state index >= 15 is 0 Å². The lowest BCUT2D eigenvalue weighted by atomic mass is 10.1. The Kier molecular flexibility index (Phi) is 6.64. The first-order valence-electron chi connectivity index (χ1n) is 7.10. The first-order chi connectivity index (χ1) is 10.0. The van der Waals surface area contributed by atoms with Gasteiger partial charge in [-0.1, -0.05) is 19.1 Å². The molecule has 1 aliphatic rings. The van der Waals surface area contributed by atoms with Crippen molar-refractivity contribution in [2.45, 2.75) is 6.92 Å². The Morgan fingerprint density at radius 2 is 1.91 bits per heavy atom. The normalized spacial score (nSPS) is 17.1. The lowest BCUT2D eigenvalue weighted by molar-refractivity contribution is -0.124. The monoisotopic (exact) mass is 326 g/mol. The minimum absolute atomic E-state index is 0. The summed E-state index contributed by atoms with van der Waals surface area (Å²) in [5.41, 5.74) is 7.15. The van der Waals surface area contributed by atoms with Gasteiger partial charge >= 0.3 is 0 Å². The number of rotatable bonds is 3. The molecule has 6 nitrogen and oxygen atoms in total. The van der Waals surface area contributed by atoms with Gasteiger partial charge < -0.3 is 20.9 Å².